The number of nitrogens with two attached hydrogens (primary N) is 1. The van der Waals surface area contributed by atoms with Crippen LogP contribution in [0, 0.1) is 0 Å². The minimum atomic E-state index is -0.177. The van der Waals surface area contributed by atoms with E-state index in [0.717, 1.165) is 6.42 Å². The lowest BCUT2D eigenvalue weighted by Crippen LogP contribution is -2.37. The van der Waals surface area contributed by atoms with Crippen molar-refractivity contribution < 1.29 is 4.79 Å². The van der Waals surface area contributed by atoms with Crippen LogP contribution in [0.25, 0.3) is 0 Å². The van der Waals surface area contributed by atoms with Crippen molar-refractivity contribution in [1.82, 2.24) is 4.90 Å². The zero-order chi connectivity index (χ0) is 9.68. The summed E-state index contributed by atoms with van der Waals surface area (Å²) < 4.78 is 0. The molecule has 2 N–H and O–H groups in total. The van der Waals surface area contributed by atoms with Crippen LogP contribution in [0.1, 0.15) is 39.0 Å². The SMILES string of the molecule is CC(CCC(N)=O)N1CCCCC1. The van der Waals surface area contributed by atoms with Crippen LogP contribution in [-0.2, 0) is 4.79 Å². The van der Waals surface area contributed by atoms with Crippen LogP contribution in [0.3, 0.4) is 0 Å². The summed E-state index contributed by atoms with van der Waals surface area (Å²) in [5, 5.41) is 0. The van der Waals surface area contributed by atoms with E-state index in [9.17, 15) is 4.79 Å². The largest absolute Gasteiger partial charge is 0.370 e. The molecule has 0 aromatic carbocycles. The average molecular weight is 184 g/mol. The van der Waals surface area contributed by atoms with E-state index in [-0.39, 0.29) is 5.91 Å². The molecule has 3 nitrogen and oxygen atoms in total. The second-order valence-electron chi connectivity index (χ2n) is 3.95. The van der Waals surface area contributed by atoms with E-state index < -0.39 is 0 Å². The van der Waals surface area contributed by atoms with Gasteiger partial charge < -0.3 is 10.6 Å². The number of rotatable bonds is 4. The number of piperidine rings is 1. The molecular weight excluding hydrogens is 164 g/mol. The monoisotopic (exact) mass is 184 g/mol. The summed E-state index contributed by atoms with van der Waals surface area (Å²) in [5.41, 5.74) is 5.11. The zero-order valence-electron chi connectivity index (χ0n) is 8.46. The lowest BCUT2D eigenvalue weighted by molar-refractivity contribution is -0.118. The van der Waals surface area contributed by atoms with Gasteiger partial charge in [-0.25, -0.2) is 0 Å². The van der Waals surface area contributed by atoms with Crippen LogP contribution in [0.5, 0.6) is 0 Å². The van der Waals surface area contributed by atoms with Crippen molar-refractivity contribution in [3.05, 3.63) is 0 Å². The number of likely N-dealkylation sites (tertiary alicyclic amines) is 1. The van der Waals surface area contributed by atoms with Crippen molar-refractivity contribution in [2.24, 2.45) is 5.73 Å². The summed E-state index contributed by atoms with van der Waals surface area (Å²) in [4.78, 5) is 13.1. The molecule has 0 aromatic heterocycles. The molecule has 1 unspecified atom stereocenters. The fourth-order valence-corrected chi connectivity index (χ4v) is 1.89. The summed E-state index contributed by atoms with van der Waals surface area (Å²) in [5.74, 6) is -0.177. The Balaban J connectivity index is 2.20. The molecule has 76 valence electrons. The number of primary amides is 1. The van der Waals surface area contributed by atoms with E-state index in [0.29, 0.717) is 12.5 Å². The van der Waals surface area contributed by atoms with Crippen molar-refractivity contribution in [3.8, 4) is 0 Å². The molecule has 0 radical (unpaired) electrons. The van der Waals surface area contributed by atoms with Gasteiger partial charge in [0.1, 0.15) is 0 Å². The predicted octanol–water partition coefficient (Wildman–Crippen LogP) is 1.13. The number of carbonyl (C=O) groups excluding carboxylic acids is 1. The highest BCUT2D eigenvalue weighted by atomic mass is 16.1. The first-order valence-electron chi connectivity index (χ1n) is 5.22. The second-order valence-corrected chi connectivity index (χ2v) is 3.95. The highest BCUT2D eigenvalue weighted by Gasteiger charge is 2.16. The first-order valence-corrected chi connectivity index (χ1v) is 5.22. The first-order chi connectivity index (χ1) is 6.20. The summed E-state index contributed by atoms with van der Waals surface area (Å²) in [7, 11) is 0. The van der Waals surface area contributed by atoms with Crippen LogP contribution >= 0.6 is 0 Å². The van der Waals surface area contributed by atoms with Crippen LogP contribution in [0.4, 0.5) is 0 Å². The third-order valence-electron chi connectivity index (χ3n) is 2.82. The molecule has 13 heavy (non-hydrogen) atoms. The Morgan fingerprint density at radius 2 is 2.00 bits per heavy atom. The predicted molar refractivity (Wildman–Crippen MR) is 53.3 cm³/mol. The molecule has 0 bridgehead atoms. The molecule has 1 saturated heterocycles. The Bertz CT molecular complexity index is 164. The van der Waals surface area contributed by atoms with Gasteiger partial charge in [-0.1, -0.05) is 6.42 Å². The normalized spacial score (nSPS) is 21.3. The number of nitrogens with zero attached hydrogens (tertiary/aromatic N) is 1. The third kappa shape index (κ3) is 3.77. The lowest BCUT2D eigenvalue weighted by atomic mass is 10.1. The quantitative estimate of drug-likeness (QED) is 0.712. The van der Waals surface area contributed by atoms with E-state index >= 15 is 0 Å². The molecule has 1 rings (SSSR count). The van der Waals surface area contributed by atoms with Gasteiger partial charge in [-0.05, 0) is 39.3 Å². The van der Waals surface area contributed by atoms with Gasteiger partial charge in [-0.3, -0.25) is 4.79 Å². The number of hydrogen-bond donors (Lipinski definition) is 1. The molecule has 0 saturated carbocycles. The minimum Gasteiger partial charge on any atom is -0.370 e. The fourth-order valence-electron chi connectivity index (χ4n) is 1.89. The summed E-state index contributed by atoms with van der Waals surface area (Å²) >= 11 is 0. The second kappa shape index (κ2) is 5.22. The molecule has 0 aromatic rings. The molecule has 1 atom stereocenters. The maximum atomic E-state index is 10.6. The number of amides is 1. The fraction of sp³-hybridized carbons (Fsp3) is 0.900. The zero-order valence-corrected chi connectivity index (χ0v) is 8.46. The molecule has 0 aliphatic carbocycles. The van der Waals surface area contributed by atoms with Crippen molar-refractivity contribution in [2.45, 2.75) is 45.1 Å². The van der Waals surface area contributed by atoms with Gasteiger partial charge >= 0.3 is 0 Å². The molecule has 0 spiro atoms. The van der Waals surface area contributed by atoms with Gasteiger partial charge in [-0.2, -0.15) is 0 Å². The summed E-state index contributed by atoms with van der Waals surface area (Å²) in [6.07, 6.45) is 5.41. The molecular formula is C10H20N2O. The van der Waals surface area contributed by atoms with E-state index in [2.05, 4.69) is 11.8 Å². The van der Waals surface area contributed by atoms with Crippen LogP contribution in [-0.4, -0.2) is 29.9 Å². The van der Waals surface area contributed by atoms with E-state index in [1.807, 2.05) is 0 Å². The highest BCUT2D eigenvalue weighted by Crippen LogP contribution is 2.14. The van der Waals surface area contributed by atoms with E-state index in [4.69, 9.17) is 5.73 Å². The Labute approximate surface area is 80.3 Å². The summed E-state index contributed by atoms with van der Waals surface area (Å²) in [6, 6.07) is 0.521. The first kappa shape index (κ1) is 10.5. The maximum Gasteiger partial charge on any atom is 0.217 e. The number of hydrogen-bond acceptors (Lipinski definition) is 2. The Morgan fingerprint density at radius 1 is 1.38 bits per heavy atom. The topological polar surface area (TPSA) is 46.3 Å². The van der Waals surface area contributed by atoms with Crippen molar-refractivity contribution >= 4 is 5.91 Å². The lowest BCUT2D eigenvalue weighted by Gasteiger charge is -2.32. The smallest absolute Gasteiger partial charge is 0.217 e. The summed E-state index contributed by atoms with van der Waals surface area (Å²) in [6.45, 7) is 4.58. The third-order valence-corrected chi connectivity index (χ3v) is 2.82. The van der Waals surface area contributed by atoms with Gasteiger partial charge in [0.15, 0.2) is 0 Å². The van der Waals surface area contributed by atoms with Gasteiger partial charge in [-0.15, -0.1) is 0 Å². The van der Waals surface area contributed by atoms with Gasteiger partial charge in [0.25, 0.3) is 0 Å². The standard InChI is InChI=1S/C10H20N2O/c1-9(5-6-10(11)13)12-7-3-2-4-8-12/h9H,2-8H2,1H3,(H2,11,13). The van der Waals surface area contributed by atoms with E-state index in [1.54, 1.807) is 0 Å². The average Bonchev–Trinajstić information content (AvgIpc) is 2.15. The van der Waals surface area contributed by atoms with Gasteiger partial charge in [0.05, 0.1) is 0 Å². The van der Waals surface area contributed by atoms with Crippen LogP contribution in [0.15, 0.2) is 0 Å². The number of carbonyl (C=O) groups is 1. The highest BCUT2D eigenvalue weighted by molar-refractivity contribution is 5.73. The molecule has 1 aliphatic rings. The van der Waals surface area contributed by atoms with Crippen LogP contribution in [0.2, 0.25) is 0 Å². The molecule has 1 amide bonds. The van der Waals surface area contributed by atoms with Crippen molar-refractivity contribution in [1.29, 1.82) is 0 Å². The Hall–Kier alpha value is -0.570. The Morgan fingerprint density at radius 3 is 2.54 bits per heavy atom. The van der Waals surface area contributed by atoms with E-state index in [1.165, 1.54) is 32.4 Å². The van der Waals surface area contributed by atoms with Gasteiger partial charge in [0.2, 0.25) is 5.91 Å². The van der Waals surface area contributed by atoms with Crippen molar-refractivity contribution in [3.63, 3.8) is 0 Å². The maximum absolute atomic E-state index is 10.6. The molecule has 3 heteroatoms. The van der Waals surface area contributed by atoms with Crippen LogP contribution < -0.4 is 5.73 Å². The molecule has 1 aliphatic heterocycles. The van der Waals surface area contributed by atoms with Crippen molar-refractivity contribution in [2.75, 3.05) is 13.1 Å². The molecule has 1 fully saturated rings. The minimum absolute atomic E-state index is 0.177. The molecule has 1 heterocycles. The Kier molecular flexibility index (Phi) is 4.22. The van der Waals surface area contributed by atoms with Gasteiger partial charge in [0, 0.05) is 12.5 Å².